The molecule has 49 heavy (non-hydrogen) atoms. The van der Waals surface area contributed by atoms with E-state index < -0.39 is 0 Å². The first-order chi connectivity index (χ1) is 23.0. The summed E-state index contributed by atoms with van der Waals surface area (Å²) in [6.45, 7) is 13.0. The molecular weight excluding hydrogens is 664 g/mol. The minimum atomic E-state index is -0.288. The van der Waals surface area contributed by atoms with E-state index >= 15 is 0 Å². The number of esters is 1. The molecule has 5 heterocycles. The number of carbonyl (C=O) groups is 2. The summed E-state index contributed by atoms with van der Waals surface area (Å²) in [7, 11) is 4.79. The Labute approximate surface area is 298 Å². The Morgan fingerprint density at radius 1 is 0.776 bits per heavy atom. The van der Waals surface area contributed by atoms with Crippen LogP contribution < -0.4 is 9.97 Å². The molecule has 0 aromatic carbocycles. The number of allylic oxidation sites excluding steroid dienone is 3. The maximum absolute atomic E-state index is 12.2. The van der Waals surface area contributed by atoms with Crippen molar-refractivity contribution in [2.45, 2.75) is 79.4 Å². The van der Waals surface area contributed by atoms with Gasteiger partial charge in [0, 0.05) is 26.2 Å². The predicted molar refractivity (Wildman–Crippen MR) is 187 cm³/mol. The maximum atomic E-state index is 12.2. The molecule has 2 atom stereocenters. The van der Waals surface area contributed by atoms with Gasteiger partial charge in [0.25, 0.3) is 6.47 Å². The molecule has 0 aliphatic carbocycles. The molecule has 10 nitrogen and oxygen atoms in total. The van der Waals surface area contributed by atoms with Crippen molar-refractivity contribution < 1.29 is 45.6 Å². The monoisotopic (exact) mass is 708 g/mol. The summed E-state index contributed by atoms with van der Waals surface area (Å²) in [5.74, 6) is -0.288. The van der Waals surface area contributed by atoms with Crippen LogP contribution in [0.5, 0.6) is 0 Å². The number of carbonyl (C=O) groups excluding carboxylic acids is 2. The molecule has 0 spiro atoms. The van der Waals surface area contributed by atoms with Gasteiger partial charge >= 0.3 is 23.0 Å². The summed E-state index contributed by atoms with van der Waals surface area (Å²) in [6.07, 6.45) is 1.55. The van der Waals surface area contributed by atoms with Gasteiger partial charge in [0.05, 0.1) is 48.7 Å². The quantitative estimate of drug-likeness (QED) is 0.0854. The van der Waals surface area contributed by atoms with Crippen LogP contribution in [0.4, 0.5) is 0 Å². The molecular formula is C38H44FeN4O6. The van der Waals surface area contributed by atoms with Gasteiger partial charge in [-0.3, -0.25) is 9.59 Å². The van der Waals surface area contributed by atoms with Gasteiger partial charge in [-0.25, -0.2) is 9.97 Å². The fourth-order valence-electron chi connectivity index (χ4n) is 6.61. The van der Waals surface area contributed by atoms with E-state index in [-0.39, 0.29) is 41.7 Å². The third-order valence-corrected chi connectivity index (χ3v) is 9.56. The number of rotatable bonds is 12. The number of hydrogen-bond acceptors (Lipinski definition) is 8. The molecule has 2 unspecified atom stereocenters. The van der Waals surface area contributed by atoms with Crippen molar-refractivity contribution in [3.63, 3.8) is 0 Å². The van der Waals surface area contributed by atoms with Crippen molar-refractivity contribution in [1.82, 2.24) is 19.9 Å². The molecule has 0 saturated carbocycles. The summed E-state index contributed by atoms with van der Waals surface area (Å²) in [6, 6.07) is 8.06. The molecule has 0 radical (unpaired) electrons. The molecule has 0 amide bonds. The molecule has 8 bridgehead atoms. The molecule has 5 rings (SSSR count). The zero-order valence-corrected chi connectivity index (χ0v) is 30.8. The number of aromatic nitrogens is 4. The van der Waals surface area contributed by atoms with E-state index in [1.54, 1.807) is 14.2 Å². The Morgan fingerprint density at radius 2 is 1.37 bits per heavy atom. The number of hydrogen-bond donors (Lipinski definition) is 0. The maximum Gasteiger partial charge on any atom is 2.00 e. The van der Waals surface area contributed by atoms with Gasteiger partial charge in [-0.2, -0.15) is 0 Å². The smallest absolute Gasteiger partial charge is 0.657 e. The van der Waals surface area contributed by atoms with Crippen molar-refractivity contribution in [3.05, 3.63) is 69.3 Å². The molecule has 0 saturated heterocycles. The van der Waals surface area contributed by atoms with Crippen molar-refractivity contribution >= 4 is 56.8 Å². The zero-order valence-electron chi connectivity index (χ0n) is 29.7. The van der Waals surface area contributed by atoms with Crippen LogP contribution >= 0.6 is 0 Å². The Bertz CT molecular complexity index is 1970. The van der Waals surface area contributed by atoms with Crippen LogP contribution in [0.25, 0.3) is 44.4 Å². The topological polar surface area (TPSA) is 125 Å². The van der Waals surface area contributed by atoms with Crippen molar-refractivity contribution in [2.75, 3.05) is 27.9 Å². The number of aryl methyl sites for hydroxylation is 3. The summed E-state index contributed by atoms with van der Waals surface area (Å²) in [4.78, 5) is 43.6. The van der Waals surface area contributed by atoms with Crippen LogP contribution in [0.15, 0.2) is 24.3 Å². The van der Waals surface area contributed by atoms with E-state index in [1.165, 1.54) is 7.11 Å². The van der Waals surface area contributed by atoms with Crippen LogP contribution in [-0.4, -0.2) is 56.4 Å². The van der Waals surface area contributed by atoms with Crippen molar-refractivity contribution in [1.29, 1.82) is 0 Å². The molecule has 3 aromatic rings. The van der Waals surface area contributed by atoms with Gasteiger partial charge in [0.15, 0.2) is 0 Å². The molecule has 0 fully saturated rings. The summed E-state index contributed by atoms with van der Waals surface area (Å²) >= 11 is 0. The van der Waals surface area contributed by atoms with Gasteiger partial charge in [-0.15, -0.1) is 22.1 Å². The van der Waals surface area contributed by atoms with Gasteiger partial charge < -0.3 is 28.9 Å². The average Bonchev–Trinajstić information content (AvgIpc) is 3.74. The first kappa shape index (κ1) is 37.8. The van der Waals surface area contributed by atoms with Gasteiger partial charge in [-0.05, 0) is 83.1 Å². The van der Waals surface area contributed by atoms with Gasteiger partial charge in [0.1, 0.15) is 0 Å². The summed E-state index contributed by atoms with van der Waals surface area (Å²) in [5, 5.41) is 0. The Balaban J connectivity index is 0.00000541. The molecule has 3 aromatic heterocycles. The van der Waals surface area contributed by atoms with Crippen molar-refractivity contribution in [2.24, 2.45) is 0 Å². The normalized spacial score (nSPS) is 14.1. The first-order valence-electron chi connectivity index (χ1n) is 16.3. The standard InChI is InChI=1S/C38H44N4O6.Fe/c1-20-26(11-10-14-48-19-43)32-18-33-27(12-13-36(44)47-9)21(2)29(40-33)16-34-38(25(6)46-8)23(4)31(42-34)17-35-37(24(5)45-7)22(3)30(41-35)15-28(20)39-32;/h15-19,24-25H,10-14H2,1-9H3;/q-2;+2. The SMILES string of the molecule is COC(=O)CCc1c(C)c2cc3nc(cc4[n-]c(cc5nc(cc1[n-]2)C(CCCOC=O)=C5C)c(C)c4C(C)OC)C(C)=C3C(C)OC.[Fe+2]. The third kappa shape index (κ3) is 7.60. The van der Waals surface area contributed by atoms with Crippen LogP contribution in [0, 0.1) is 13.8 Å². The number of nitrogens with zero attached hydrogens (tertiary/aromatic N) is 4. The fourth-order valence-corrected chi connectivity index (χ4v) is 6.61. The van der Waals surface area contributed by atoms with E-state index in [2.05, 4.69) is 20.8 Å². The first-order valence-corrected chi connectivity index (χ1v) is 16.3. The van der Waals surface area contributed by atoms with E-state index in [0.717, 1.165) is 89.4 Å². The second-order valence-electron chi connectivity index (χ2n) is 12.3. The largest absolute Gasteiger partial charge is 2.00 e. The predicted octanol–water partition coefficient (Wildman–Crippen LogP) is 6.85. The summed E-state index contributed by atoms with van der Waals surface area (Å²) in [5.41, 5.74) is 14.2. The van der Waals surface area contributed by atoms with E-state index in [4.69, 9.17) is 38.9 Å². The van der Waals surface area contributed by atoms with Gasteiger partial charge in [-0.1, -0.05) is 41.0 Å². The minimum Gasteiger partial charge on any atom is -0.657 e. The Morgan fingerprint density at radius 3 is 2.04 bits per heavy atom. The van der Waals surface area contributed by atoms with Crippen molar-refractivity contribution in [3.8, 4) is 0 Å². The molecule has 260 valence electrons. The fraction of sp³-hybridized carbons (Fsp3) is 0.421. The van der Waals surface area contributed by atoms with Crippen LogP contribution in [-0.2, 0) is 52.0 Å². The third-order valence-electron chi connectivity index (χ3n) is 9.56. The molecule has 11 heteroatoms. The average molecular weight is 709 g/mol. The van der Waals surface area contributed by atoms with Gasteiger partial charge in [0.2, 0.25) is 0 Å². The van der Waals surface area contributed by atoms with E-state index in [1.807, 2.05) is 45.0 Å². The Kier molecular flexibility index (Phi) is 12.4. The molecule has 2 aliphatic heterocycles. The number of ether oxygens (including phenoxy) is 4. The molecule has 0 N–H and O–H groups in total. The Hall–Kier alpha value is -4.02. The van der Waals surface area contributed by atoms with E-state index in [9.17, 15) is 9.59 Å². The minimum absolute atomic E-state index is 0. The second kappa shape index (κ2) is 16.1. The van der Waals surface area contributed by atoms with E-state index in [0.29, 0.717) is 32.3 Å². The van der Waals surface area contributed by atoms with Crippen LogP contribution in [0.1, 0.15) is 98.1 Å². The summed E-state index contributed by atoms with van der Waals surface area (Å²) < 4.78 is 21.6. The van der Waals surface area contributed by atoms with Crippen LogP contribution in [0.2, 0.25) is 0 Å². The second-order valence-corrected chi connectivity index (χ2v) is 12.3. The molecule has 2 aliphatic rings. The number of fused-ring (bicyclic) bond motifs is 8. The zero-order chi connectivity index (χ0) is 34.7. The number of methoxy groups -OCH3 is 3. The van der Waals surface area contributed by atoms with Crippen LogP contribution in [0.3, 0.4) is 0 Å².